The van der Waals surface area contributed by atoms with Gasteiger partial charge in [0, 0.05) is 37.3 Å². The molecule has 8 heteroatoms. The first-order valence-electron chi connectivity index (χ1n) is 9.61. The quantitative estimate of drug-likeness (QED) is 0.359. The van der Waals surface area contributed by atoms with Gasteiger partial charge in [0.15, 0.2) is 11.6 Å². The summed E-state index contributed by atoms with van der Waals surface area (Å²) < 4.78 is 11.3. The van der Waals surface area contributed by atoms with Crippen LogP contribution in [-0.4, -0.2) is 26.3 Å². The van der Waals surface area contributed by atoms with Gasteiger partial charge in [-0.1, -0.05) is 12.1 Å². The number of fused-ring (bicyclic) bond motifs is 1. The predicted octanol–water partition coefficient (Wildman–Crippen LogP) is 4.46. The number of rotatable bonds is 5. The summed E-state index contributed by atoms with van der Waals surface area (Å²) in [6, 6.07) is 13.9. The normalized spacial score (nSPS) is 13.9. The van der Waals surface area contributed by atoms with Gasteiger partial charge in [0.05, 0.1) is 29.0 Å². The van der Waals surface area contributed by atoms with Gasteiger partial charge < -0.3 is 8.83 Å². The maximum absolute atomic E-state index is 11.3. The Bertz CT molecular complexity index is 1200. The first-order valence-corrected chi connectivity index (χ1v) is 9.61. The summed E-state index contributed by atoms with van der Waals surface area (Å²) in [6.07, 6.45) is 4.28. The predicted molar refractivity (Wildman–Crippen MR) is 108 cm³/mol. The average Bonchev–Trinajstić information content (AvgIpc) is 3.46. The van der Waals surface area contributed by atoms with Crippen molar-refractivity contribution < 1.29 is 13.8 Å². The van der Waals surface area contributed by atoms with Crippen LogP contribution < -0.4 is 0 Å². The fraction of sp³-hybridized carbons (Fsp3) is 0.182. The summed E-state index contributed by atoms with van der Waals surface area (Å²) in [4.78, 5) is 22.2. The molecule has 0 bridgehead atoms. The minimum Gasteiger partial charge on any atom is -0.461 e. The molecular weight excluding hydrogens is 384 g/mol. The SMILES string of the molecule is O=[N+]([O-])c1ccccc1-c1ccc(CN2CCc3nc(-c4ccco4)ncc3C2)o1. The highest BCUT2D eigenvalue weighted by Crippen LogP contribution is 2.31. The van der Waals surface area contributed by atoms with Crippen molar-refractivity contribution in [3.63, 3.8) is 0 Å². The molecule has 150 valence electrons. The van der Waals surface area contributed by atoms with Crippen molar-refractivity contribution in [3.05, 3.63) is 88.1 Å². The third-order valence-electron chi connectivity index (χ3n) is 5.16. The molecule has 3 aromatic heterocycles. The molecule has 1 aliphatic heterocycles. The molecule has 1 aliphatic rings. The Labute approximate surface area is 171 Å². The molecule has 0 saturated carbocycles. The van der Waals surface area contributed by atoms with E-state index in [0.717, 1.165) is 36.5 Å². The highest BCUT2D eigenvalue weighted by atomic mass is 16.6. The Hall–Kier alpha value is -3.78. The minimum absolute atomic E-state index is 0.0369. The zero-order valence-corrected chi connectivity index (χ0v) is 16.0. The van der Waals surface area contributed by atoms with Gasteiger partial charge in [-0.3, -0.25) is 15.0 Å². The number of nitro groups is 1. The van der Waals surface area contributed by atoms with Gasteiger partial charge in [-0.15, -0.1) is 0 Å². The molecule has 0 radical (unpaired) electrons. The molecule has 0 atom stereocenters. The third kappa shape index (κ3) is 3.48. The van der Waals surface area contributed by atoms with Crippen LogP contribution in [0, 0.1) is 10.1 Å². The second kappa shape index (κ2) is 7.57. The van der Waals surface area contributed by atoms with Gasteiger partial charge in [-0.25, -0.2) is 9.97 Å². The van der Waals surface area contributed by atoms with Crippen molar-refractivity contribution in [2.45, 2.75) is 19.5 Å². The van der Waals surface area contributed by atoms with Crippen LogP contribution >= 0.6 is 0 Å². The van der Waals surface area contributed by atoms with E-state index in [4.69, 9.17) is 8.83 Å². The number of nitrogens with zero attached hydrogens (tertiary/aromatic N) is 4. The molecular formula is C22H18N4O4. The van der Waals surface area contributed by atoms with E-state index in [1.807, 2.05) is 24.4 Å². The molecule has 0 amide bonds. The second-order valence-corrected chi connectivity index (χ2v) is 7.14. The van der Waals surface area contributed by atoms with Crippen LogP contribution in [0.3, 0.4) is 0 Å². The Morgan fingerprint density at radius 3 is 2.83 bits per heavy atom. The van der Waals surface area contributed by atoms with Crippen molar-refractivity contribution >= 4 is 5.69 Å². The van der Waals surface area contributed by atoms with Crippen LogP contribution in [0.2, 0.25) is 0 Å². The van der Waals surface area contributed by atoms with Crippen LogP contribution in [-0.2, 0) is 19.5 Å². The van der Waals surface area contributed by atoms with Crippen LogP contribution in [0.1, 0.15) is 17.0 Å². The molecule has 0 unspecified atom stereocenters. The summed E-state index contributed by atoms with van der Waals surface area (Å²) in [6.45, 7) is 2.17. The molecule has 0 saturated heterocycles. The average molecular weight is 402 g/mol. The lowest BCUT2D eigenvalue weighted by atomic mass is 10.1. The minimum atomic E-state index is -0.393. The van der Waals surface area contributed by atoms with E-state index in [-0.39, 0.29) is 5.69 Å². The standard InChI is InChI=1S/C22H18N4O4/c27-26(28)19-5-2-1-4-17(19)20-8-7-16(30-20)14-25-10-9-18-15(13-25)12-23-22(24-18)21-6-3-11-29-21/h1-8,11-12H,9-10,13-14H2. The van der Waals surface area contributed by atoms with E-state index in [9.17, 15) is 10.1 Å². The zero-order valence-electron chi connectivity index (χ0n) is 16.0. The molecule has 4 heterocycles. The molecule has 8 nitrogen and oxygen atoms in total. The van der Waals surface area contributed by atoms with Gasteiger partial charge in [0.2, 0.25) is 0 Å². The van der Waals surface area contributed by atoms with Crippen LogP contribution in [0.5, 0.6) is 0 Å². The lowest BCUT2D eigenvalue weighted by molar-refractivity contribution is -0.384. The van der Waals surface area contributed by atoms with Gasteiger partial charge in [-0.05, 0) is 30.3 Å². The molecule has 0 N–H and O–H groups in total. The number of para-hydroxylation sites is 1. The second-order valence-electron chi connectivity index (χ2n) is 7.14. The van der Waals surface area contributed by atoms with Gasteiger partial charge in [0.25, 0.3) is 5.69 Å². The van der Waals surface area contributed by atoms with Crippen molar-refractivity contribution in [1.29, 1.82) is 0 Å². The molecule has 5 rings (SSSR count). The Balaban J connectivity index is 1.31. The Morgan fingerprint density at radius 2 is 2.00 bits per heavy atom. The molecule has 1 aromatic carbocycles. The van der Waals surface area contributed by atoms with E-state index in [1.54, 1.807) is 30.5 Å². The number of hydrogen-bond acceptors (Lipinski definition) is 7. The smallest absolute Gasteiger partial charge is 0.280 e. The van der Waals surface area contributed by atoms with Gasteiger partial charge >= 0.3 is 0 Å². The topological polar surface area (TPSA) is 98.4 Å². The molecule has 30 heavy (non-hydrogen) atoms. The summed E-state index contributed by atoms with van der Waals surface area (Å²) in [5.41, 5.74) is 2.64. The Morgan fingerprint density at radius 1 is 1.10 bits per heavy atom. The summed E-state index contributed by atoms with van der Waals surface area (Å²) in [7, 11) is 0. The maximum atomic E-state index is 11.3. The molecule has 0 spiro atoms. The van der Waals surface area contributed by atoms with E-state index in [0.29, 0.717) is 29.5 Å². The van der Waals surface area contributed by atoms with E-state index >= 15 is 0 Å². The van der Waals surface area contributed by atoms with Crippen LogP contribution in [0.15, 0.2) is 69.8 Å². The summed E-state index contributed by atoms with van der Waals surface area (Å²) in [5, 5.41) is 11.3. The van der Waals surface area contributed by atoms with Crippen LogP contribution in [0.4, 0.5) is 5.69 Å². The highest BCUT2D eigenvalue weighted by Gasteiger charge is 2.22. The molecule has 4 aromatic rings. The number of aromatic nitrogens is 2. The van der Waals surface area contributed by atoms with Crippen molar-refractivity contribution in [2.24, 2.45) is 0 Å². The Kier molecular flexibility index (Phi) is 4.61. The first kappa shape index (κ1) is 18.3. The van der Waals surface area contributed by atoms with Gasteiger partial charge in [-0.2, -0.15) is 0 Å². The van der Waals surface area contributed by atoms with Crippen molar-refractivity contribution in [1.82, 2.24) is 14.9 Å². The first-order chi connectivity index (χ1) is 14.7. The maximum Gasteiger partial charge on any atom is 0.280 e. The van der Waals surface area contributed by atoms with E-state index in [2.05, 4.69) is 14.9 Å². The lowest BCUT2D eigenvalue weighted by Crippen LogP contribution is -2.30. The number of hydrogen-bond donors (Lipinski definition) is 0. The fourth-order valence-corrected chi connectivity index (χ4v) is 3.70. The lowest BCUT2D eigenvalue weighted by Gasteiger charge is -2.27. The monoisotopic (exact) mass is 402 g/mol. The fourth-order valence-electron chi connectivity index (χ4n) is 3.70. The summed E-state index contributed by atoms with van der Waals surface area (Å²) >= 11 is 0. The molecule has 0 fully saturated rings. The van der Waals surface area contributed by atoms with Crippen molar-refractivity contribution in [3.8, 4) is 22.9 Å². The number of nitro benzene ring substituents is 1. The molecule has 0 aliphatic carbocycles. The number of furan rings is 2. The third-order valence-corrected chi connectivity index (χ3v) is 5.16. The van der Waals surface area contributed by atoms with E-state index < -0.39 is 4.92 Å². The van der Waals surface area contributed by atoms with Gasteiger partial charge in [0.1, 0.15) is 11.5 Å². The largest absolute Gasteiger partial charge is 0.461 e. The zero-order chi connectivity index (χ0) is 20.5. The van der Waals surface area contributed by atoms with Crippen LogP contribution in [0.25, 0.3) is 22.9 Å². The highest BCUT2D eigenvalue weighted by molar-refractivity contribution is 5.69. The summed E-state index contributed by atoms with van der Waals surface area (Å²) in [5.74, 6) is 2.53. The number of benzene rings is 1. The van der Waals surface area contributed by atoms with E-state index in [1.165, 1.54) is 6.07 Å². The van der Waals surface area contributed by atoms with Crippen molar-refractivity contribution in [2.75, 3.05) is 6.54 Å².